The van der Waals surface area contributed by atoms with Crippen LogP contribution in [0.4, 0.5) is 4.79 Å². The van der Waals surface area contributed by atoms with Gasteiger partial charge in [0.1, 0.15) is 5.60 Å². The lowest BCUT2D eigenvalue weighted by Gasteiger charge is -2.49. The molecule has 1 aliphatic heterocycles. The number of hydrogen-bond acceptors (Lipinski definition) is 5. The molecule has 0 unspecified atom stereocenters. The summed E-state index contributed by atoms with van der Waals surface area (Å²) in [6, 6.07) is 0. The van der Waals surface area contributed by atoms with Crippen LogP contribution in [0, 0.1) is 0 Å². The summed E-state index contributed by atoms with van der Waals surface area (Å²) in [6.45, 7) is 7.00. The SMILES string of the molecule is CSCCCCNC1(CC(=O)O)CN(C(=O)OC(C)(C)C)C1. The molecule has 0 atom stereocenters. The van der Waals surface area contributed by atoms with Gasteiger partial charge in [0.25, 0.3) is 0 Å². The standard InChI is InChI=1S/C15H28N2O4S/c1-14(2,3)21-13(20)17-10-15(11-17,9-12(18)19)16-7-5-6-8-22-4/h16H,5-11H2,1-4H3,(H,18,19). The molecule has 0 aromatic heterocycles. The third kappa shape index (κ3) is 6.44. The number of carbonyl (C=O) groups is 2. The van der Waals surface area contributed by atoms with Gasteiger partial charge in [0, 0.05) is 13.1 Å². The lowest BCUT2D eigenvalue weighted by molar-refractivity contribution is -0.141. The van der Waals surface area contributed by atoms with Crippen molar-refractivity contribution in [1.82, 2.24) is 10.2 Å². The molecule has 6 nitrogen and oxygen atoms in total. The van der Waals surface area contributed by atoms with E-state index < -0.39 is 17.1 Å². The number of carboxylic acid groups (broad SMARTS) is 1. The smallest absolute Gasteiger partial charge is 0.410 e. The van der Waals surface area contributed by atoms with Crippen LogP contribution in [-0.2, 0) is 9.53 Å². The van der Waals surface area contributed by atoms with Gasteiger partial charge in [-0.15, -0.1) is 0 Å². The summed E-state index contributed by atoms with van der Waals surface area (Å²) in [7, 11) is 0. The van der Waals surface area contributed by atoms with Crippen molar-refractivity contribution >= 4 is 23.8 Å². The number of thioether (sulfide) groups is 1. The minimum Gasteiger partial charge on any atom is -0.481 e. The fourth-order valence-electron chi connectivity index (χ4n) is 2.44. The maximum absolute atomic E-state index is 12.0. The summed E-state index contributed by atoms with van der Waals surface area (Å²) >= 11 is 1.81. The van der Waals surface area contributed by atoms with Gasteiger partial charge in [-0.2, -0.15) is 11.8 Å². The van der Waals surface area contributed by atoms with Gasteiger partial charge in [-0.1, -0.05) is 0 Å². The Morgan fingerprint density at radius 1 is 1.32 bits per heavy atom. The topological polar surface area (TPSA) is 78.9 Å². The normalized spacial score (nSPS) is 17.0. The summed E-state index contributed by atoms with van der Waals surface area (Å²) in [6.07, 6.45) is 3.83. The molecule has 1 saturated heterocycles. The summed E-state index contributed by atoms with van der Waals surface area (Å²) in [5, 5.41) is 12.4. The second-order valence-corrected chi connectivity index (χ2v) is 7.80. The molecule has 1 heterocycles. The zero-order chi connectivity index (χ0) is 16.8. The van der Waals surface area contributed by atoms with Crippen LogP contribution < -0.4 is 5.32 Å². The molecule has 0 bridgehead atoms. The van der Waals surface area contributed by atoms with Gasteiger partial charge in [-0.05, 0) is 52.2 Å². The van der Waals surface area contributed by atoms with E-state index in [1.165, 1.54) is 0 Å². The van der Waals surface area contributed by atoms with Crippen LogP contribution in [0.1, 0.15) is 40.0 Å². The third-order valence-electron chi connectivity index (χ3n) is 3.40. The molecule has 0 aromatic rings. The molecule has 0 aliphatic carbocycles. The van der Waals surface area contributed by atoms with Crippen molar-refractivity contribution < 1.29 is 19.4 Å². The van der Waals surface area contributed by atoms with Gasteiger partial charge in [0.05, 0.1) is 12.0 Å². The van der Waals surface area contributed by atoms with Gasteiger partial charge in [-0.25, -0.2) is 4.79 Å². The number of likely N-dealkylation sites (tertiary alicyclic amines) is 1. The Hall–Kier alpha value is -0.950. The molecule has 1 aliphatic rings. The largest absolute Gasteiger partial charge is 0.481 e. The van der Waals surface area contributed by atoms with Gasteiger partial charge < -0.3 is 20.1 Å². The number of aliphatic carboxylic acids is 1. The average Bonchev–Trinajstić information content (AvgIpc) is 2.31. The van der Waals surface area contributed by atoms with E-state index in [9.17, 15) is 9.59 Å². The van der Waals surface area contributed by atoms with Crippen LogP contribution in [-0.4, -0.2) is 64.9 Å². The molecule has 1 fully saturated rings. The summed E-state index contributed by atoms with van der Waals surface area (Å²) in [4.78, 5) is 24.6. The van der Waals surface area contributed by atoms with Gasteiger partial charge >= 0.3 is 12.1 Å². The van der Waals surface area contributed by atoms with E-state index in [1.807, 2.05) is 32.5 Å². The van der Waals surface area contributed by atoms with Crippen molar-refractivity contribution in [1.29, 1.82) is 0 Å². The van der Waals surface area contributed by atoms with Gasteiger partial charge in [-0.3, -0.25) is 4.79 Å². The Morgan fingerprint density at radius 3 is 2.45 bits per heavy atom. The van der Waals surface area contributed by atoms with Crippen molar-refractivity contribution in [2.24, 2.45) is 0 Å². The van der Waals surface area contributed by atoms with Crippen LogP contribution in [0.25, 0.3) is 0 Å². The first-order valence-electron chi connectivity index (χ1n) is 7.61. The number of nitrogens with one attached hydrogen (secondary N) is 1. The lowest BCUT2D eigenvalue weighted by atomic mass is 9.86. The van der Waals surface area contributed by atoms with Crippen molar-refractivity contribution in [2.75, 3.05) is 31.6 Å². The summed E-state index contributed by atoms with van der Waals surface area (Å²) in [5.74, 6) is 0.262. The van der Waals surface area contributed by atoms with Gasteiger partial charge in [0.15, 0.2) is 0 Å². The second-order valence-electron chi connectivity index (χ2n) is 6.81. The highest BCUT2D eigenvalue weighted by atomic mass is 32.2. The van der Waals surface area contributed by atoms with Crippen LogP contribution in [0.5, 0.6) is 0 Å². The third-order valence-corrected chi connectivity index (χ3v) is 4.10. The number of rotatable bonds is 8. The quantitative estimate of drug-likeness (QED) is 0.663. The molecule has 0 saturated carbocycles. The number of nitrogens with zero attached hydrogens (tertiary/aromatic N) is 1. The van der Waals surface area contributed by atoms with Crippen LogP contribution in [0.15, 0.2) is 0 Å². The molecular weight excluding hydrogens is 304 g/mol. The molecule has 0 spiro atoms. The van der Waals surface area contributed by atoms with Crippen molar-refractivity contribution in [3.05, 3.63) is 0 Å². The zero-order valence-electron chi connectivity index (χ0n) is 14.0. The van der Waals surface area contributed by atoms with E-state index >= 15 is 0 Å². The molecule has 7 heteroatoms. The first kappa shape index (κ1) is 19.1. The van der Waals surface area contributed by atoms with E-state index in [0.717, 1.165) is 25.1 Å². The highest BCUT2D eigenvalue weighted by Gasteiger charge is 2.47. The number of carbonyl (C=O) groups excluding carboxylic acids is 1. The first-order valence-corrected chi connectivity index (χ1v) is 9.00. The Balaban J connectivity index is 2.45. The molecule has 0 aromatic carbocycles. The maximum Gasteiger partial charge on any atom is 0.410 e. The highest BCUT2D eigenvalue weighted by Crippen LogP contribution is 2.27. The fraction of sp³-hybridized carbons (Fsp3) is 0.867. The minimum absolute atomic E-state index is 0.0226. The minimum atomic E-state index is -0.847. The number of carboxylic acids is 1. The van der Waals surface area contributed by atoms with Crippen LogP contribution >= 0.6 is 11.8 Å². The Labute approximate surface area is 137 Å². The predicted molar refractivity (Wildman–Crippen MR) is 88.4 cm³/mol. The number of hydrogen-bond donors (Lipinski definition) is 2. The summed E-state index contributed by atoms with van der Waals surface area (Å²) < 4.78 is 5.31. The average molecular weight is 332 g/mol. The number of ether oxygens (including phenoxy) is 1. The highest BCUT2D eigenvalue weighted by molar-refractivity contribution is 7.98. The second kappa shape index (κ2) is 8.06. The molecule has 128 valence electrons. The Bertz CT molecular complexity index is 389. The maximum atomic E-state index is 12.0. The molecular formula is C15H28N2O4S. The van der Waals surface area contributed by atoms with Crippen molar-refractivity contribution in [2.45, 2.75) is 51.2 Å². The monoisotopic (exact) mass is 332 g/mol. The molecule has 1 rings (SSSR count). The van der Waals surface area contributed by atoms with Crippen molar-refractivity contribution in [3.63, 3.8) is 0 Å². The molecule has 1 amide bonds. The molecule has 22 heavy (non-hydrogen) atoms. The van der Waals surface area contributed by atoms with E-state index in [0.29, 0.717) is 13.1 Å². The number of unbranched alkanes of at least 4 members (excludes halogenated alkanes) is 1. The predicted octanol–water partition coefficient (Wildman–Crippen LogP) is 2.18. The van der Waals surface area contributed by atoms with E-state index in [-0.39, 0.29) is 12.5 Å². The molecule has 0 radical (unpaired) electrons. The zero-order valence-corrected chi connectivity index (χ0v) is 14.8. The fourth-order valence-corrected chi connectivity index (χ4v) is 2.93. The Kier molecular flexibility index (Phi) is 6.99. The van der Waals surface area contributed by atoms with Gasteiger partial charge in [0.2, 0.25) is 0 Å². The molecule has 2 N–H and O–H groups in total. The van der Waals surface area contributed by atoms with E-state index in [1.54, 1.807) is 4.90 Å². The van der Waals surface area contributed by atoms with Crippen LogP contribution in [0.3, 0.4) is 0 Å². The van der Waals surface area contributed by atoms with E-state index in [4.69, 9.17) is 9.84 Å². The Morgan fingerprint density at radius 2 is 1.95 bits per heavy atom. The summed E-state index contributed by atoms with van der Waals surface area (Å²) in [5.41, 5.74) is -1.05. The van der Waals surface area contributed by atoms with E-state index in [2.05, 4.69) is 11.6 Å². The lowest BCUT2D eigenvalue weighted by Crippen LogP contribution is -2.71. The first-order chi connectivity index (χ1) is 10.2. The van der Waals surface area contributed by atoms with Crippen LogP contribution in [0.2, 0.25) is 0 Å². The number of amides is 1. The van der Waals surface area contributed by atoms with Crippen molar-refractivity contribution in [3.8, 4) is 0 Å².